The minimum absolute atomic E-state index is 0.169. The smallest absolute Gasteiger partial charge is 0.308 e. The predicted molar refractivity (Wildman–Crippen MR) is 93.4 cm³/mol. The number of esters is 3. The van der Waals surface area contributed by atoms with Gasteiger partial charge in [0.1, 0.15) is 12.1 Å². The average Bonchev–Trinajstić information content (AvgIpc) is 2.63. The molecular formula is C17H23N3O8. The van der Waals surface area contributed by atoms with Crippen molar-refractivity contribution in [2.75, 3.05) is 13.7 Å². The van der Waals surface area contributed by atoms with Gasteiger partial charge in [0.25, 0.3) is 0 Å². The number of azide groups is 1. The molecule has 0 aromatic rings. The SMILES string of the molecule is C#CCCCO[C@H]1O[C@@H](CC(=O)OC)[C@H](OC(C)=O)[C@@H](OC(C)=O)[C@@H]1N=[N+]=[N-]. The van der Waals surface area contributed by atoms with Gasteiger partial charge in [0.05, 0.1) is 20.1 Å². The van der Waals surface area contributed by atoms with Crippen LogP contribution in [0.25, 0.3) is 10.4 Å². The fourth-order valence-electron chi connectivity index (χ4n) is 2.66. The van der Waals surface area contributed by atoms with Crippen molar-refractivity contribution in [1.82, 2.24) is 0 Å². The van der Waals surface area contributed by atoms with Crippen molar-refractivity contribution < 1.29 is 38.1 Å². The van der Waals surface area contributed by atoms with E-state index in [0.717, 1.165) is 13.8 Å². The normalized spacial score (nSPS) is 26.3. The molecule has 0 aromatic heterocycles. The highest BCUT2D eigenvalue weighted by Gasteiger charge is 2.50. The summed E-state index contributed by atoms with van der Waals surface area (Å²) in [5, 5.41) is 3.60. The molecule has 1 fully saturated rings. The summed E-state index contributed by atoms with van der Waals surface area (Å²) in [6.45, 7) is 2.46. The van der Waals surface area contributed by atoms with Gasteiger partial charge in [-0.05, 0) is 12.0 Å². The molecule has 1 heterocycles. The number of rotatable bonds is 9. The van der Waals surface area contributed by atoms with Crippen LogP contribution >= 0.6 is 0 Å². The van der Waals surface area contributed by atoms with E-state index >= 15 is 0 Å². The molecule has 1 saturated heterocycles. The van der Waals surface area contributed by atoms with Gasteiger partial charge >= 0.3 is 17.9 Å². The summed E-state index contributed by atoms with van der Waals surface area (Å²) >= 11 is 0. The summed E-state index contributed by atoms with van der Waals surface area (Å²) in [7, 11) is 1.19. The summed E-state index contributed by atoms with van der Waals surface area (Å²) < 4.78 is 26.4. The fraction of sp³-hybridized carbons (Fsp3) is 0.706. The Labute approximate surface area is 162 Å². The van der Waals surface area contributed by atoms with E-state index in [2.05, 4.69) is 20.7 Å². The molecule has 11 nitrogen and oxygen atoms in total. The van der Waals surface area contributed by atoms with E-state index in [1.165, 1.54) is 7.11 Å². The predicted octanol–water partition coefficient (Wildman–Crippen LogP) is 1.25. The largest absolute Gasteiger partial charge is 0.469 e. The lowest BCUT2D eigenvalue weighted by Crippen LogP contribution is -2.60. The highest BCUT2D eigenvalue weighted by Crippen LogP contribution is 2.31. The molecule has 0 radical (unpaired) electrons. The Balaban J connectivity index is 3.20. The van der Waals surface area contributed by atoms with Crippen LogP contribution in [0.15, 0.2) is 5.11 Å². The number of carbonyl (C=O) groups is 3. The molecule has 0 aromatic carbocycles. The first-order valence-electron chi connectivity index (χ1n) is 8.50. The Kier molecular flexibility index (Phi) is 9.81. The zero-order chi connectivity index (χ0) is 21.1. The number of terminal acetylenes is 1. The lowest BCUT2D eigenvalue weighted by Gasteiger charge is -2.43. The molecule has 28 heavy (non-hydrogen) atoms. The molecule has 0 spiro atoms. The van der Waals surface area contributed by atoms with Crippen molar-refractivity contribution >= 4 is 17.9 Å². The number of nitrogens with zero attached hydrogens (tertiary/aromatic N) is 3. The van der Waals surface area contributed by atoms with Crippen molar-refractivity contribution in [1.29, 1.82) is 0 Å². The Bertz CT molecular complexity index is 655. The Morgan fingerprint density at radius 1 is 1.21 bits per heavy atom. The van der Waals surface area contributed by atoms with Crippen LogP contribution in [0.4, 0.5) is 0 Å². The van der Waals surface area contributed by atoms with Crippen LogP contribution in [0.1, 0.15) is 33.1 Å². The van der Waals surface area contributed by atoms with Crippen molar-refractivity contribution in [3.8, 4) is 12.3 Å². The van der Waals surface area contributed by atoms with Crippen molar-refractivity contribution in [2.24, 2.45) is 5.11 Å². The van der Waals surface area contributed by atoms with Crippen LogP contribution in [0.2, 0.25) is 0 Å². The molecule has 0 amide bonds. The minimum atomic E-state index is -1.22. The summed E-state index contributed by atoms with van der Waals surface area (Å²) in [4.78, 5) is 37.6. The minimum Gasteiger partial charge on any atom is -0.469 e. The zero-order valence-electron chi connectivity index (χ0n) is 15.9. The third kappa shape index (κ3) is 7.08. The monoisotopic (exact) mass is 397 g/mol. The van der Waals surface area contributed by atoms with E-state index in [1.807, 2.05) is 0 Å². The van der Waals surface area contributed by atoms with Gasteiger partial charge in [-0.1, -0.05) is 5.11 Å². The van der Waals surface area contributed by atoms with Crippen LogP contribution in [-0.4, -0.2) is 62.3 Å². The lowest BCUT2D eigenvalue weighted by atomic mass is 9.94. The van der Waals surface area contributed by atoms with Crippen molar-refractivity contribution in [3.63, 3.8) is 0 Å². The standard InChI is InChI=1S/C17H23N3O8/c1-5-6-7-8-25-17-14(19-20-18)16(27-11(3)22)15(26-10(2)21)12(28-17)9-13(23)24-4/h1,12,14-17H,6-9H2,2-4H3/t12-,14-,15-,16-,17-/m0/s1. The molecule has 0 saturated carbocycles. The number of carbonyl (C=O) groups excluding carboxylic acids is 3. The van der Waals surface area contributed by atoms with Crippen LogP contribution in [0, 0.1) is 12.3 Å². The summed E-state index contributed by atoms with van der Waals surface area (Å²) in [6.07, 6.45) is 1.21. The first kappa shape index (κ1) is 23.2. The van der Waals surface area contributed by atoms with E-state index in [1.54, 1.807) is 0 Å². The van der Waals surface area contributed by atoms with Crippen LogP contribution in [0.3, 0.4) is 0 Å². The number of hydrogen-bond acceptors (Lipinski definition) is 9. The maximum Gasteiger partial charge on any atom is 0.308 e. The second kappa shape index (κ2) is 11.8. The molecule has 0 unspecified atom stereocenters. The van der Waals surface area contributed by atoms with E-state index in [9.17, 15) is 14.4 Å². The van der Waals surface area contributed by atoms with Gasteiger partial charge in [0.15, 0.2) is 18.5 Å². The van der Waals surface area contributed by atoms with E-state index in [0.29, 0.717) is 12.8 Å². The molecule has 1 aliphatic heterocycles. The molecule has 154 valence electrons. The lowest BCUT2D eigenvalue weighted by molar-refractivity contribution is -0.268. The topological polar surface area (TPSA) is 146 Å². The zero-order valence-corrected chi connectivity index (χ0v) is 15.9. The number of methoxy groups -OCH3 is 1. The van der Waals surface area contributed by atoms with Crippen LogP contribution < -0.4 is 0 Å². The fourth-order valence-corrected chi connectivity index (χ4v) is 2.66. The number of unbranched alkanes of at least 4 members (excludes halogenated alkanes) is 1. The summed E-state index contributed by atoms with van der Waals surface area (Å²) in [6, 6.07) is -1.15. The number of hydrogen-bond donors (Lipinski definition) is 0. The molecule has 1 aliphatic rings. The first-order chi connectivity index (χ1) is 13.3. The first-order valence-corrected chi connectivity index (χ1v) is 8.50. The quantitative estimate of drug-likeness (QED) is 0.107. The van der Waals surface area contributed by atoms with Gasteiger partial charge in [-0.15, -0.1) is 12.3 Å². The van der Waals surface area contributed by atoms with Gasteiger partial charge in [-0.2, -0.15) is 0 Å². The van der Waals surface area contributed by atoms with Gasteiger partial charge in [-0.3, -0.25) is 14.4 Å². The number of ether oxygens (including phenoxy) is 5. The second-order valence-corrected chi connectivity index (χ2v) is 5.85. The molecule has 0 N–H and O–H groups in total. The molecule has 0 aliphatic carbocycles. The van der Waals surface area contributed by atoms with Gasteiger partial charge in [-0.25, -0.2) is 0 Å². The van der Waals surface area contributed by atoms with Crippen molar-refractivity contribution in [3.05, 3.63) is 10.4 Å². The Hall–Kier alpha value is -2.80. The molecule has 0 bridgehead atoms. The van der Waals surface area contributed by atoms with Crippen LogP contribution in [-0.2, 0) is 38.1 Å². The highest BCUT2D eigenvalue weighted by atomic mass is 16.7. The average molecular weight is 397 g/mol. The van der Waals surface area contributed by atoms with Gasteiger partial charge in [0.2, 0.25) is 0 Å². The van der Waals surface area contributed by atoms with Crippen molar-refractivity contribution in [2.45, 2.75) is 63.8 Å². The highest BCUT2D eigenvalue weighted by molar-refractivity contribution is 5.70. The second-order valence-electron chi connectivity index (χ2n) is 5.85. The van der Waals surface area contributed by atoms with E-state index in [4.69, 9.17) is 30.9 Å². The van der Waals surface area contributed by atoms with E-state index in [-0.39, 0.29) is 13.0 Å². The summed E-state index contributed by atoms with van der Waals surface area (Å²) in [5.41, 5.74) is 8.91. The van der Waals surface area contributed by atoms with Gasteiger partial charge < -0.3 is 23.7 Å². The maximum absolute atomic E-state index is 11.8. The van der Waals surface area contributed by atoms with E-state index < -0.39 is 48.6 Å². The Morgan fingerprint density at radius 3 is 2.39 bits per heavy atom. The third-order valence-corrected chi connectivity index (χ3v) is 3.75. The summed E-state index contributed by atoms with van der Waals surface area (Å²) in [5.74, 6) is 0.412. The van der Waals surface area contributed by atoms with Crippen LogP contribution in [0.5, 0.6) is 0 Å². The molecule has 5 atom stereocenters. The Morgan fingerprint density at radius 2 is 1.86 bits per heavy atom. The molecular weight excluding hydrogens is 374 g/mol. The molecule has 1 rings (SSSR count). The van der Waals surface area contributed by atoms with Gasteiger partial charge in [0, 0.05) is 25.2 Å². The third-order valence-electron chi connectivity index (χ3n) is 3.75. The molecule has 11 heteroatoms. The maximum atomic E-state index is 11.8.